The van der Waals surface area contributed by atoms with Gasteiger partial charge in [-0.2, -0.15) is 18.3 Å². The molecule has 1 heterocycles. The summed E-state index contributed by atoms with van der Waals surface area (Å²) in [5.41, 5.74) is 6.94. The molecule has 3 atom stereocenters. The minimum Gasteiger partial charge on any atom is -0.377 e. The molecule has 28 heavy (non-hydrogen) atoms. The number of rotatable bonds is 6. The zero-order valence-electron chi connectivity index (χ0n) is 15.7. The molecule has 2 N–H and O–H groups in total. The zero-order valence-corrected chi connectivity index (χ0v) is 16.5. The van der Waals surface area contributed by atoms with Crippen molar-refractivity contribution in [3.63, 3.8) is 0 Å². The van der Waals surface area contributed by atoms with Crippen LogP contribution in [0.2, 0.25) is 0 Å². The molecule has 1 aromatic carbocycles. The summed E-state index contributed by atoms with van der Waals surface area (Å²) >= 11 is 0. The van der Waals surface area contributed by atoms with Crippen molar-refractivity contribution in [2.45, 2.75) is 63.4 Å². The van der Waals surface area contributed by atoms with E-state index in [0.717, 1.165) is 11.1 Å². The van der Waals surface area contributed by atoms with E-state index >= 15 is 0 Å². The minimum absolute atomic E-state index is 0. The molecule has 0 spiro atoms. The van der Waals surface area contributed by atoms with Crippen molar-refractivity contribution in [3.05, 3.63) is 36.2 Å². The van der Waals surface area contributed by atoms with Gasteiger partial charge in [0, 0.05) is 24.1 Å². The summed E-state index contributed by atoms with van der Waals surface area (Å²) in [5.74, 6) is 0.511. The molecule has 5 nitrogen and oxygen atoms in total. The molecule has 0 bridgehead atoms. The maximum absolute atomic E-state index is 13.0. The molecule has 2 aromatic rings. The van der Waals surface area contributed by atoms with E-state index in [0.29, 0.717) is 43.1 Å². The largest absolute Gasteiger partial charge is 0.408 e. The average Bonchev–Trinajstić information content (AvgIpc) is 3.03. The Hall–Kier alpha value is -1.64. The first-order valence-electron chi connectivity index (χ1n) is 9.31. The molecule has 3 rings (SSSR count). The van der Waals surface area contributed by atoms with E-state index in [-0.39, 0.29) is 30.5 Å². The Morgan fingerprint density at radius 1 is 1.21 bits per heavy atom. The Labute approximate surface area is 168 Å². The fourth-order valence-electron chi connectivity index (χ4n) is 3.54. The van der Waals surface area contributed by atoms with E-state index in [4.69, 9.17) is 10.5 Å². The molecule has 1 aliphatic rings. The standard InChI is InChI=1S/C19H25F3N4O.ClH/c1-2-10-27-16-9-8-14(11-15(16)23)18-24-17(13-6-4-3-5-7-13)25-26(18)12-19(20,21)22;/h3-7,14-16H,2,8-12,23H2,1H3;1H/t14-,15+,16+;/m0./s1. The SMILES string of the molecule is CCCO[C@@H]1CC[C@H](c2nc(-c3ccccc3)nn2CC(F)(F)F)C[C@H]1N.Cl. The average molecular weight is 419 g/mol. The van der Waals surface area contributed by atoms with Crippen LogP contribution in [0.5, 0.6) is 0 Å². The highest BCUT2D eigenvalue weighted by Gasteiger charge is 2.35. The van der Waals surface area contributed by atoms with Crippen molar-refractivity contribution >= 4 is 12.4 Å². The van der Waals surface area contributed by atoms with Crippen molar-refractivity contribution in [2.24, 2.45) is 5.73 Å². The first-order valence-corrected chi connectivity index (χ1v) is 9.31. The van der Waals surface area contributed by atoms with Crippen LogP contribution in [0.4, 0.5) is 13.2 Å². The highest BCUT2D eigenvalue weighted by atomic mass is 35.5. The Kier molecular flexibility index (Phi) is 7.86. The lowest BCUT2D eigenvalue weighted by Crippen LogP contribution is -2.42. The number of ether oxygens (including phenoxy) is 1. The number of hydrogen-bond donors (Lipinski definition) is 1. The van der Waals surface area contributed by atoms with E-state index in [9.17, 15) is 13.2 Å². The maximum atomic E-state index is 13.0. The molecule has 9 heteroatoms. The lowest BCUT2D eigenvalue weighted by Gasteiger charge is -2.33. The van der Waals surface area contributed by atoms with Crippen LogP contribution in [0.25, 0.3) is 11.4 Å². The number of benzene rings is 1. The second-order valence-corrected chi connectivity index (χ2v) is 7.02. The van der Waals surface area contributed by atoms with Crippen LogP contribution in [0.15, 0.2) is 30.3 Å². The van der Waals surface area contributed by atoms with Gasteiger partial charge in [0.25, 0.3) is 0 Å². The molecule has 0 saturated heterocycles. The predicted molar refractivity (Wildman–Crippen MR) is 103 cm³/mol. The van der Waals surface area contributed by atoms with Gasteiger partial charge in [0.05, 0.1) is 6.10 Å². The van der Waals surface area contributed by atoms with Gasteiger partial charge >= 0.3 is 6.18 Å². The van der Waals surface area contributed by atoms with Gasteiger partial charge in [-0.25, -0.2) is 9.67 Å². The summed E-state index contributed by atoms with van der Waals surface area (Å²) in [4.78, 5) is 4.47. The fraction of sp³-hybridized carbons (Fsp3) is 0.579. The second kappa shape index (κ2) is 9.71. The molecule has 1 saturated carbocycles. The minimum atomic E-state index is -4.36. The molecule has 1 aliphatic carbocycles. The van der Waals surface area contributed by atoms with E-state index in [1.165, 1.54) is 0 Å². The van der Waals surface area contributed by atoms with E-state index < -0.39 is 12.7 Å². The van der Waals surface area contributed by atoms with Gasteiger partial charge in [0.1, 0.15) is 12.4 Å². The van der Waals surface area contributed by atoms with Crippen molar-refractivity contribution in [3.8, 4) is 11.4 Å². The first kappa shape index (κ1) is 22.6. The van der Waals surface area contributed by atoms with Gasteiger partial charge < -0.3 is 10.5 Å². The molecule has 0 unspecified atom stereocenters. The molecule has 0 radical (unpaired) electrons. The third kappa shape index (κ3) is 5.68. The molecular formula is C19H26ClF3N4O. The monoisotopic (exact) mass is 418 g/mol. The molecule has 1 fully saturated rings. The molecule has 156 valence electrons. The van der Waals surface area contributed by atoms with Crippen LogP contribution in [0.1, 0.15) is 44.3 Å². The smallest absolute Gasteiger partial charge is 0.377 e. The van der Waals surface area contributed by atoms with Crippen LogP contribution in [0.3, 0.4) is 0 Å². The van der Waals surface area contributed by atoms with Gasteiger partial charge in [-0.1, -0.05) is 37.3 Å². The van der Waals surface area contributed by atoms with Crippen LogP contribution in [-0.2, 0) is 11.3 Å². The third-order valence-corrected chi connectivity index (χ3v) is 4.80. The summed E-state index contributed by atoms with van der Waals surface area (Å²) in [5, 5.41) is 4.15. The number of hydrogen-bond acceptors (Lipinski definition) is 4. The molecule has 0 amide bonds. The summed E-state index contributed by atoms with van der Waals surface area (Å²) in [6.07, 6.45) is -1.56. The Bertz CT molecular complexity index is 739. The number of nitrogens with two attached hydrogens (primary N) is 1. The van der Waals surface area contributed by atoms with Gasteiger partial charge in [0.15, 0.2) is 5.82 Å². The number of alkyl halides is 3. The first-order chi connectivity index (χ1) is 12.9. The Morgan fingerprint density at radius 2 is 1.93 bits per heavy atom. The second-order valence-electron chi connectivity index (χ2n) is 7.02. The number of halogens is 4. The summed E-state index contributed by atoms with van der Waals surface area (Å²) in [7, 11) is 0. The quantitative estimate of drug-likeness (QED) is 0.758. The van der Waals surface area contributed by atoms with E-state index in [1.54, 1.807) is 12.1 Å². The summed E-state index contributed by atoms with van der Waals surface area (Å²) < 4.78 is 45.9. The highest BCUT2D eigenvalue weighted by Crippen LogP contribution is 2.34. The topological polar surface area (TPSA) is 66.0 Å². The summed E-state index contributed by atoms with van der Waals surface area (Å²) in [6, 6.07) is 8.83. The van der Waals surface area contributed by atoms with Gasteiger partial charge in [-0.3, -0.25) is 0 Å². The van der Waals surface area contributed by atoms with E-state index in [2.05, 4.69) is 10.1 Å². The third-order valence-electron chi connectivity index (χ3n) is 4.80. The predicted octanol–water partition coefficient (Wildman–Crippen LogP) is 4.32. The van der Waals surface area contributed by atoms with Crippen molar-refractivity contribution in [1.82, 2.24) is 14.8 Å². The molecule has 0 aliphatic heterocycles. The van der Waals surface area contributed by atoms with E-state index in [1.807, 2.05) is 25.1 Å². The zero-order chi connectivity index (χ0) is 19.4. The van der Waals surface area contributed by atoms with Gasteiger partial charge in [-0.05, 0) is 25.7 Å². The number of nitrogens with zero attached hydrogens (tertiary/aromatic N) is 3. The van der Waals surface area contributed by atoms with Crippen LogP contribution in [-0.4, -0.2) is 39.7 Å². The Morgan fingerprint density at radius 3 is 2.54 bits per heavy atom. The highest BCUT2D eigenvalue weighted by molar-refractivity contribution is 5.85. The van der Waals surface area contributed by atoms with Crippen molar-refractivity contribution < 1.29 is 17.9 Å². The number of aromatic nitrogens is 3. The fourth-order valence-corrected chi connectivity index (χ4v) is 3.54. The Balaban J connectivity index is 0.00000280. The van der Waals surface area contributed by atoms with Crippen LogP contribution < -0.4 is 5.73 Å². The van der Waals surface area contributed by atoms with Crippen molar-refractivity contribution in [2.75, 3.05) is 6.61 Å². The lowest BCUT2D eigenvalue weighted by atomic mass is 9.83. The maximum Gasteiger partial charge on any atom is 0.408 e. The van der Waals surface area contributed by atoms with Crippen molar-refractivity contribution in [1.29, 1.82) is 0 Å². The molecule has 1 aromatic heterocycles. The summed E-state index contributed by atoms with van der Waals surface area (Å²) in [6.45, 7) is 1.52. The van der Waals surface area contributed by atoms with Gasteiger partial charge in [-0.15, -0.1) is 12.4 Å². The van der Waals surface area contributed by atoms with Gasteiger partial charge in [0.2, 0.25) is 0 Å². The van der Waals surface area contributed by atoms with Crippen LogP contribution in [0, 0.1) is 0 Å². The molecular weight excluding hydrogens is 393 g/mol. The normalized spacial score (nSPS) is 22.7. The van der Waals surface area contributed by atoms with Crippen LogP contribution >= 0.6 is 12.4 Å². The lowest BCUT2D eigenvalue weighted by molar-refractivity contribution is -0.143.